The number of nitrogens with zero attached hydrogens (tertiary/aromatic N) is 1. The molecule has 88 valence electrons. The van der Waals surface area contributed by atoms with Crippen LogP contribution < -0.4 is 0 Å². The number of carbonyl (C=O) groups is 1. The zero-order valence-electron chi connectivity index (χ0n) is 9.01. The van der Waals surface area contributed by atoms with Crippen LogP contribution in [-0.4, -0.2) is 10.8 Å². The van der Waals surface area contributed by atoms with Crippen LogP contribution in [-0.2, 0) is 6.18 Å². The Balaban J connectivity index is 2.83. The number of ketones is 1. The van der Waals surface area contributed by atoms with E-state index >= 15 is 0 Å². The Labute approximate surface area is 91.5 Å². The molecular weight excluding hydrogens is 219 g/mol. The highest BCUT2D eigenvalue weighted by Crippen LogP contribution is 2.27. The summed E-state index contributed by atoms with van der Waals surface area (Å²) in [7, 11) is 0. The van der Waals surface area contributed by atoms with Crippen molar-refractivity contribution >= 4 is 5.78 Å². The largest absolute Gasteiger partial charge is 0.433 e. The van der Waals surface area contributed by atoms with Gasteiger partial charge in [-0.15, -0.1) is 0 Å². The summed E-state index contributed by atoms with van der Waals surface area (Å²) in [5.41, 5.74) is -0.754. The molecule has 0 aliphatic heterocycles. The predicted octanol–water partition coefficient (Wildman–Crippen LogP) is 3.33. The second kappa shape index (κ2) is 4.63. The van der Waals surface area contributed by atoms with E-state index in [1.807, 2.05) is 13.8 Å². The van der Waals surface area contributed by atoms with Gasteiger partial charge in [0.25, 0.3) is 0 Å². The number of aromatic nitrogens is 1. The standard InChI is InChI=1S/C11H12F3NO/c1-7(2)5-9(16)8-3-4-10(15-6-8)11(12,13)14/h3-4,6-7H,5H2,1-2H3. The van der Waals surface area contributed by atoms with Crippen LogP contribution in [0.3, 0.4) is 0 Å². The maximum absolute atomic E-state index is 12.2. The smallest absolute Gasteiger partial charge is 0.294 e. The average Bonchev–Trinajstić information content (AvgIpc) is 2.15. The fraction of sp³-hybridized carbons (Fsp3) is 0.455. The molecule has 0 amide bonds. The molecule has 0 aliphatic rings. The Bertz CT molecular complexity index is 368. The minimum Gasteiger partial charge on any atom is -0.294 e. The van der Waals surface area contributed by atoms with Crippen LogP contribution in [0.2, 0.25) is 0 Å². The minimum atomic E-state index is -4.46. The molecule has 1 aromatic heterocycles. The van der Waals surface area contributed by atoms with E-state index in [1.165, 1.54) is 6.07 Å². The van der Waals surface area contributed by atoms with Crippen molar-refractivity contribution in [3.63, 3.8) is 0 Å². The molecule has 1 aromatic rings. The van der Waals surface area contributed by atoms with Crippen LogP contribution in [0.5, 0.6) is 0 Å². The van der Waals surface area contributed by atoms with E-state index in [0.717, 1.165) is 12.3 Å². The number of hydrogen-bond donors (Lipinski definition) is 0. The first-order valence-electron chi connectivity index (χ1n) is 4.87. The Morgan fingerprint density at radius 2 is 2.00 bits per heavy atom. The van der Waals surface area contributed by atoms with Crippen molar-refractivity contribution in [3.8, 4) is 0 Å². The second-order valence-corrected chi connectivity index (χ2v) is 3.95. The fourth-order valence-corrected chi connectivity index (χ4v) is 1.22. The summed E-state index contributed by atoms with van der Waals surface area (Å²) in [6.07, 6.45) is -3.17. The molecule has 16 heavy (non-hydrogen) atoms. The zero-order chi connectivity index (χ0) is 12.3. The molecule has 0 radical (unpaired) electrons. The van der Waals surface area contributed by atoms with Gasteiger partial charge in [-0.1, -0.05) is 13.8 Å². The van der Waals surface area contributed by atoms with Crippen LogP contribution in [0.25, 0.3) is 0 Å². The zero-order valence-corrected chi connectivity index (χ0v) is 9.01. The summed E-state index contributed by atoms with van der Waals surface area (Å²) in [5, 5.41) is 0. The van der Waals surface area contributed by atoms with E-state index in [9.17, 15) is 18.0 Å². The molecule has 2 nitrogen and oxygen atoms in total. The van der Waals surface area contributed by atoms with Gasteiger partial charge < -0.3 is 0 Å². The van der Waals surface area contributed by atoms with Gasteiger partial charge in [0.2, 0.25) is 0 Å². The molecule has 5 heteroatoms. The van der Waals surface area contributed by atoms with Crippen molar-refractivity contribution < 1.29 is 18.0 Å². The van der Waals surface area contributed by atoms with Crippen molar-refractivity contribution in [1.82, 2.24) is 4.98 Å². The van der Waals surface area contributed by atoms with E-state index < -0.39 is 11.9 Å². The molecule has 0 atom stereocenters. The normalized spacial score (nSPS) is 11.9. The second-order valence-electron chi connectivity index (χ2n) is 3.95. The van der Waals surface area contributed by atoms with Crippen molar-refractivity contribution in [2.75, 3.05) is 0 Å². The van der Waals surface area contributed by atoms with Crippen LogP contribution in [0.15, 0.2) is 18.3 Å². The van der Waals surface area contributed by atoms with E-state index in [0.29, 0.717) is 6.42 Å². The molecule has 0 spiro atoms. The van der Waals surface area contributed by atoms with E-state index in [1.54, 1.807) is 0 Å². The topological polar surface area (TPSA) is 30.0 Å². The van der Waals surface area contributed by atoms with Crippen molar-refractivity contribution in [2.24, 2.45) is 5.92 Å². The lowest BCUT2D eigenvalue weighted by Gasteiger charge is -2.07. The highest BCUT2D eigenvalue weighted by molar-refractivity contribution is 5.95. The molecule has 1 heterocycles. The lowest BCUT2D eigenvalue weighted by Crippen LogP contribution is -2.10. The molecule has 0 unspecified atom stereocenters. The van der Waals surface area contributed by atoms with Crippen molar-refractivity contribution in [3.05, 3.63) is 29.6 Å². The molecule has 0 fully saturated rings. The van der Waals surface area contributed by atoms with Gasteiger partial charge in [0.1, 0.15) is 5.69 Å². The van der Waals surface area contributed by atoms with Gasteiger partial charge in [-0.2, -0.15) is 13.2 Å². The Hall–Kier alpha value is -1.39. The molecule has 0 bridgehead atoms. The van der Waals surface area contributed by atoms with Gasteiger partial charge in [-0.25, -0.2) is 0 Å². The van der Waals surface area contributed by atoms with Crippen LogP contribution in [0, 0.1) is 5.92 Å². The van der Waals surface area contributed by atoms with Crippen LogP contribution in [0.1, 0.15) is 36.3 Å². The maximum atomic E-state index is 12.2. The predicted molar refractivity (Wildman–Crippen MR) is 53.0 cm³/mol. The summed E-state index contributed by atoms with van der Waals surface area (Å²) < 4.78 is 36.6. The Morgan fingerprint density at radius 3 is 2.38 bits per heavy atom. The fourth-order valence-electron chi connectivity index (χ4n) is 1.22. The summed E-state index contributed by atoms with van der Waals surface area (Å²) in [6, 6.07) is 1.99. The number of pyridine rings is 1. The Morgan fingerprint density at radius 1 is 1.38 bits per heavy atom. The van der Waals surface area contributed by atoms with Gasteiger partial charge in [0, 0.05) is 18.2 Å². The number of carbonyl (C=O) groups excluding carboxylic acids is 1. The number of Topliss-reactive ketones (excluding diaryl/α,β-unsaturated/α-hetero) is 1. The summed E-state index contributed by atoms with van der Waals surface area (Å²) in [6.45, 7) is 3.74. The van der Waals surface area contributed by atoms with Crippen LogP contribution >= 0.6 is 0 Å². The van der Waals surface area contributed by atoms with Crippen molar-refractivity contribution in [2.45, 2.75) is 26.4 Å². The molecular formula is C11H12F3NO. The first kappa shape index (κ1) is 12.7. The number of hydrogen-bond acceptors (Lipinski definition) is 2. The van der Waals surface area contributed by atoms with Crippen LogP contribution in [0.4, 0.5) is 13.2 Å². The van der Waals surface area contributed by atoms with Gasteiger partial charge in [-0.3, -0.25) is 9.78 Å². The van der Waals surface area contributed by atoms with Crippen molar-refractivity contribution in [1.29, 1.82) is 0 Å². The highest BCUT2D eigenvalue weighted by atomic mass is 19.4. The molecule has 1 rings (SSSR count). The average molecular weight is 231 g/mol. The van der Waals surface area contributed by atoms with Gasteiger partial charge >= 0.3 is 6.18 Å². The number of halogens is 3. The third-order valence-electron chi connectivity index (χ3n) is 1.97. The molecule has 0 aliphatic carbocycles. The third-order valence-corrected chi connectivity index (χ3v) is 1.97. The summed E-state index contributed by atoms with van der Waals surface area (Å²) >= 11 is 0. The monoisotopic (exact) mass is 231 g/mol. The van der Waals surface area contributed by atoms with Gasteiger partial charge in [0.15, 0.2) is 5.78 Å². The van der Waals surface area contributed by atoms with E-state index in [4.69, 9.17) is 0 Å². The summed E-state index contributed by atoms with van der Waals surface area (Å²) in [4.78, 5) is 14.7. The lowest BCUT2D eigenvalue weighted by molar-refractivity contribution is -0.141. The summed E-state index contributed by atoms with van der Waals surface area (Å²) in [5.74, 6) is -0.00832. The Kier molecular flexibility index (Phi) is 3.67. The van der Waals surface area contributed by atoms with E-state index in [2.05, 4.69) is 4.98 Å². The quantitative estimate of drug-likeness (QED) is 0.747. The SMILES string of the molecule is CC(C)CC(=O)c1ccc(C(F)(F)F)nc1. The van der Waals surface area contributed by atoms with E-state index in [-0.39, 0.29) is 17.3 Å². The molecule has 0 saturated carbocycles. The molecule has 0 saturated heterocycles. The number of rotatable bonds is 3. The highest BCUT2D eigenvalue weighted by Gasteiger charge is 2.32. The third kappa shape index (κ3) is 3.32. The lowest BCUT2D eigenvalue weighted by atomic mass is 10.0. The first-order valence-corrected chi connectivity index (χ1v) is 4.87. The number of alkyl halides is 3. The first-order chi connectivity index (χ1) is 7.30. The van der Waals surface area contributed by atoms with Gasteiger partial charge in [0.05, 0.1) is 0 Å². The van der Waals surface area contributed by atoms with Gasteiger partial charge in [-0.05, 0) is 18.1 Å². The molecule has 0 aromatic carbocycles. The minimum absolute atomic E-state index is 0.176. The molecule has 0 N–H and O–H groups in total. The maximum Gasteiger partial charge on any atom is 0.433 e.